The quantitative estimate of drug-likeness (QED) is 0.871. The van der Waals surface area contributed by atoms with Gasteiger partial charge in [-0.05, 0) is 31.0 Å². The lowest BCUT2D eigenvalue weighted by Crippen LogP contribution is -2.38. The Morgan fingerprint density at radius 2 is 1.95 bits per heavy atom. The van der Waals surface area contributed by atoms with Crippen molar-refractivity contribution in [2.24, 2.45) is 5.92 Å². The molecule has 1 amide bonds. The summed E-state index contributed by atoms with van der Waals surface area (Å²) in [6.07, 6.45) is 4.20. The van der Waals surface area contributed by atoms with Crippen LogP contribution < -0.4 is 4.90 Å². The molecule has 22 heavy (non-hydrogen) atoms. The standard InChI is InChI=1S/C18H20N2O2/c1-14-17(9-12-22-14)18(21)20(16-7-10-19-11-8-16)13-15-5-3-2-4-6-15/h2-8,10-11,14,17H,9,12-13H2,1H3/t14-,17+/m1/s1. The molecule has 0 unspecified atom stereocenters. The summed E-state index contributed by atoms with van der Waals surface area (Å²) in [4.78, 5) is 18.9. The van der Waals surface area contributed by atoms with Crippen molar-refractivity contribution in [2.45, 2.75) is 26.0 Å². The maximum absolute atomic E-state index is 13.0. The number of benzene rings is 1. The summed E-state index contributed by atoms with van der Waals surface area (Å²) in [5.41, 5.74) is 1.99. The van der Waals surface area contributed by atoms with E-state index in [1.807, 2.05) is 54.3 Å². The van der Waals surface area contributed by atoms with Crippen LogP contribution in [0.15, 0.2) is 54.9 Å². The van der Waals surface area contributed by atoms with E-state index in [9.17, 15) is 4.79 Å². The average molecular weight is 296 g/mol. The number of carbonyl (C=O) groups is 1. The van der Waals surface area contributed by atoms with Crippen LogP contribution in [0.25, 0.3) is 0 Å². The van der Waals surface area contributed by atoms with Gasteiger partial charge in [0.25, 0.3) is 0 Å². The van der Waals surface area contributed by atoms with Crippen molar-refractivity contribution in [2.75, 3.05) is 11.5 Å². The summed E-state index contributed by atoms with van der Waals surface area (Å²) < 4.78 is 5.56. The zero-order chi connectivity index (χ0) is 15.4. The first-order valence-corrected chi connectivity index (χ1v) is 7.62. The SMILES string of the molecule is C[C@H]1OCC[C@@H]1C(=O)N(Cc1ccccc1)c1ccncc1. The largest absolute Gasteiger partial charge is 0.378 e. The third kappa shape index (κ3) is 3.17. The van der Waals surface area contributed by atoms with E-state index >= 15 is 0 Å². The van der Waals surface area contributed by atoms with Gasteiger partial charge in [0.1, 0.15) is 0 Å². The van der Waals surface area contributed by atoms with Crippen molar-refractivity contribution in [3.8, 4) is 0 Å². The molecule has 2 heterocycles. The predicted molar refractivity (Wildman–Crippen MR) is 85.4 cm³/mol. The molecule has 1 aromatic carbocycles. The molecule has 1 aliphatic heterocycles. The van der Waals surface area contributed by atoms with Crippen LogP contribution in [0.1, 0.15) is 18.9 Å². The molecule has 1 aromatic heterocycles. The Labute approximate surface area is 130 Å². The highest BCUT2D eigenvalue weighted by atomic mass is 16.5. The normalized spacial score (nSPS) is 20.8. The van der Waals surface area contributed by atoms with E-state index in [0.29, 0.717) is 13.2 Å². The van der Waals surface area contributed by atoms with Crippen molar-refractivity contribution in [1.82, 2.24) is 4.98 Å². The molecular weight excluding hydrogens is 276 g/mol. The minimum atomic E-state index is -0.0723. The number of nitrogens with zero attached hydrogens (tertiary/aromatic N) is 2. The number of ether oxygens (including phenoxy) is 1. The third-order valence-electron chi connectivity index (χ3n) is 4.12. The fourth-order valence-electron chi connectivity index (χ4n) is 2.84. The van der Waals surface area contributed by atoms with Crippen molar-refractivity contribution < 1.29 is 9.53 Å². The average Bonchev–Trinajstić information content (AvgIpc) is 3.00. The monoisotopic (exact) mass is 296 g/mol. The molecule has 4 heteroatoms. The Morgan fingerprint density at radius 1 is 1.23 bits per heavy atom. The number of rotatable bonds is 4. The number of hydrogen-bond acceptors (Lipinski definition) is 3. The Morgan fingerprint density at radius 3 is 2.59 bits per heavy atom. The van der Waals surface area contributed by atoms with E-state index in [2.05, 4.69) is 4.98 Å². The van der Waals surface area contributed by atoms with Crippen LogP contribution in [0.4, 0.5) is 5.69 Å². The highest BCUT2D eigenvalue weighted by molar-refractivity contribution is 5.95. The van der Waals surface area contributed by atoms with Gasteiger partial charge < -0.3 is 9.64 Å². The van der Waals surface area contributed by atoms with Gasteiger partial charge in [-0.2, -0.15) is 0 Å². The number of aromatic nitrogens is 1. The van der Waals surface area contributed by atoms with Gasteiger partial charge >= 0.3 is 0 Å². The lowest BCUT2D eigenvalue weighted by atomic mass is 10.00. The molecule has 2 aromatic rings. The van der Waals surface area contributed by atoms with Gasteiger partial charge in [-0.25, -0.2) is 0 Å². The van der Waals surface area contributed by atoms with E-state index in [4.69, 9.17) is 4.74 Å². The molecule has 1 aliphatic rings. The zero-order valence-electron chi connectivity index (χ0n) is 12.7. The number of hydrogen-bond donors (Lipinski definition) is 0. The minimum Gasteiger partial charge on any atom is -0.378 e. The second kappa shape index (κ2) is 6.71. The molecule has 3 rings (SSSR count). The van der Waals surface area contributed by atoms with Gasteiger partial charge in [0.2, 0.25) is 5.91 Å². The maximum atomic E-state index is 13.0. The lowest BCUT2D eigenvalue weighted by molar-refractivity contribution is -0.123. The highest BCUT2D eigenvalue weighted by Crippen LogP contribution is 2.26. The fourth-order valence-corrected chi connectivity index (χ4v) is 2.84. The highest BCUT2D eigenvalue weighted by Gasteiger charge is 2.34. The van der Waals surface area contributed by atoms with E-state index in [1.165, 1.54) is 0 Å². The Bertz CT molecular complexity index is 615. The summed E-state index contributed by atoms with van der Waals surface area (Å²) in [6.45, 7) is 3.20. The molecule has 0 aliphatic carbocycles. The van der Waals surface area contributed by atoms with Crippen LogP contribution in [0, 0.1) is 5.92 Å². The molecule has 114 valence electrons. The summed E-state index contributed by atoms with van der Waals surface area (Å²) >= 11 is 0. The smallest absolute Gasteiger partial charge is 0.233 e. The first-order chi connectivity index (χ1) is 10.8. The van der Waals surface area contributed by atoms with Gasteiger partial charge in [0.15, 0.2) is 0 Å². The molecule has 1 saturated heterocycles. The molecule has 0 bridgehead atoms. The zero-order valence-corrected chi connectivity index (χ0v) is 12.7. The lowest BCUT2D eigenvalue weighted by Gasteiger charge is -2.27. The van der Waals surface area contributed by atoms with Crippen LogP contribution in [0.3, 0.4) is 0 Å². The molecule has 0 spiro atoms. The molecule has 0 radical (unpaired) electrons. The summed E-state index contributed by atoms with van der Waals surface area (Å²) in [6, 6.07) is 13.8. The Hall–Kier alpha value is -2.20. The molecular formula is C18H20N2O2. The summed E-state index contributed by atoms with van der Waals surface area (Å²) in [5, 5.41) is 0. The van der Waals surface area contributed by atoms with E-state index in [0.717, 1.165) is 17.7 Å². The minimum absolute atomic E-state index is 0.0207. The fraction of sp³-hybridized carbons (Fsp3) is 0.333. The number of anilines is 1. The van der Waals surface area contributed by atoms with Crippen molar-refractivity contribution in [3.05, 3.63) is 60.4 Å². The topological polar surface area (TPSA) is 42.4 Å². The maximum Gasteiger partial charge on any atom is 0.233 e. The first kappa shape index (κ1) is 14.7. The number of carbonyl (C=O) groups excluding carboxylic acids is 1. The van der Waals surface area contributed by atoms with Crippen molar-refractivity contribution in [3.63, 3.8) is 0 Å². The van der Waals surface area contributed by atoms with E-state index < -0.39 is 0 Å². The van der Waals surface area contributed by atoms with E-state index in [-0.39, 0.29) is 17.9 Å². The number of amides is 1. The van der Waals surface area contributed by atoms with Crippen LogP contribution in [0.2, 0.25) is 0 Å². The van der Waals surface area contributed by atoms with Gasteiger partial charge in [0.05, 0.1) is 18.6 Å². The van der Waals surface area contributed by atoms with E-state index in [1.54, 1.807) is 12.4 Å². The molecule has 1 fully saturated rings. The van der Waals surface area contributed by atoms with Gasteiger partial charge in [-0.1, -0.05) is 30.3 Å². The van der Waals surface area contributed by atoms with Gasteiger partial charge in [-0.3, -0.25) is 9.78 Å². The predicted octanol–water partition coefficient (Wildman–Crippen LogP) is 3.04. The second-order valence-corrected chi connectivity index (χ2v) is 5.59. The number of pyridine rings is 1. The summed E-state index contributed by atoms with van der Waals surface area (Å²) in [5.74, 6) is 0.0527. The van der Waals surface area contributed by atoms with Crippen molar-refractivity contribution in [1.29, 1.82) is 0 Å². The Balaban J connectivity index is 1.87. The van der Waals surface area contributed by atoms with Crippen molar-refractivity contribution >= 4 is 11.6 Å². The molecule has 4 nitrogen and oxygen atoms in total. The van der Waals surface area contributed by atoms with Crippen LogP contribution >= 0.6 is 0 Å². The Kier molecular flexibility index (Phi) is 4.49. The molecule has 2 atom stereocenters. The molecule has 0 N–H and O–H groups in total. The second-order valence-electron chi connectivity index (χ2n) is 5.59. The van der Waals surface area contributed by atoms with Gasteiger partial charge in [0, 0.05) is 24.7 Å². The van der Waals surface area contributed by atoms with Crippen LogP contribution in [-0.4, -0.2) is 23.6 Å². The van der Waals surface area contributed by atoms with Crippen LogP contribution in [0.5, 0.6) is 0 Å². The summed E-state index contributed by atoms with van der Waals surface area (Å²) in [7, 11) is 0. The van der Waals surface area contributed by atoms with Gasteiger partial charge in [-0.15, -0.1) is 0 Å². The molecule has 0 saturated carbocycles. The third-order valence-corrected chi connectivity index (χ3v) is 4.12. The first-order valence-electron chi connectivity index (χ1n) is 7.62. The van der Waals surface area contributed by atoms with Crippen LogP contribution in [-0.2, 0) is 16.1 Å².